The average Bonchev–Trinajstić information content (AvgIpc) is 3.24. The monoisotopic (exact) mass is 417 g/mol. The van der Waals surface area contributed by atoms with Crippen molar-refractivity contribution in [2.45, 2.75) is 45.6 Å². The number of nitrogens with one attached hydrogen (secondary N) is 2. The van der Waals surface area contributed by atoms with Crippen LogP contribution in [0.5, 0.6) is 0 Å². The molecule has 0 spiro atoms. The summed E-state index contributed by atoms with van der Waals surface area (Å²) >= 11 is 6.49. The largest absolute Gasteiger partial charge is 0.469 e. The van der Waals surface area contributed by atoms with E-state index in [1.807, 2.05) is 24.3 Å². The summed E-state index contributed by atoms with van der Waals surface area (Å²) in [5.74, 6) is -0.0785. The number of nitrogens with zero attached hydrogens (tertiary/aromatic N) is 3. The molecule has 0 fully saturated rings. The molecule has 3 rings (SSSR count). The van der Waals surface area contributed by atoms with Gasteiger partial charge in [-0.05, 0) is 11.6 Å². The second-order valence-corrected chi connectivity index (χ2v) is 8.15. The van der Waals surface area contributed by atoms with Crippen LogP contribution in [0.2, 0.25) is 5.02 Å². The molecule has 8 nitrogen and oxygen atoms in total. The van der Waals surface area contributed by atoms with Crippen molar-refractivity contribution in [2.75, 3.05) is 7.11 Å². The van der Waals surface area contributed by atoms with Gasteiger partial charge in [-0.2, -0.15) is 4.63 Å². The number of halogens is 1. The normalized spacial score (nSPS) is 11.6. The number of benzene rings is 1. The van der Waals surface area contributed by atoms with E-state index in [0.29, 0.717) is 23.0 Å². The van der Waals surface area contributed by atoms with Crippen molar-refractivity contribution >= 4 is 29.1 Å². The van der Waals surface area contributed by atoms with Crippen molar-refractivity contribution in [3.63, 3.8) is 0 Å². The van der Waals surface area contributed by atoms with Gasteiger partial charge in [-0.25, -0.2) is 4.98 Å². The molecular formula is C20H24ClN5O3. The van der Waals surface area contributed by atoms with Crippen molar-refractivity contribution in [1.82, 2.24) is 25.1 Å². The quantitative estimate of drug-likeness (QED) is 0.599. The molecule has 3 aromatic rings. The number of hydrogen-bond donors (Lipinski definition) is 2. The van der Waals surface area contributed by atoms with E-state index in [1.165, 1.54) is 7.11 Å². The van der Waals surface area contributed by atoms with Crippen LogP contribution >= 0.6 is 11.6 Å². The second-order valence-electron chi connectivity index (χ2n) is 7.77. The summed E-state index contributed by atoms with van der Waals surface area (Å²) in [4.78, 5) is 27.5. The maximum atomic E-state index is 11.9. The molecule has 0 saturated carbocycles. The lowest BCUT2D eigenvalue weighted by molar-refractivity contribution is -0.142. The molecule has 2 N–H and O–H groups in total. The fourth-order valence-electron chi connectivity index (χ4n) is 2.85. The Bertz CT molecular complexity index is 1050. The summed E-state index contributed by atoms with van der Waals surface area (Å²) in [6, 6.07) is 7.59. The van der Waals surface area contributed by atoms with Gasteiger partial charge in [0.05, 0.1) is 19.2 Å². The van der Waals surface area contributed by atoms with Gasteiger partial charge in [0.25, 0.3) is 0 Å². The third-order valence-corrected chi connectivity index (χ3v) is 4.81. The van der Waals surface area contributed by atoms with Crippen molar-refractivity contribution < 1.29 is 14.3 Å². The third-order valence-electron chi connectivity index (χ3n) is 4.45. The van der Waals surface area contributed by atoms with E-state index in [4.69, 9.17) is 11.6 Å². The van der Waals surface area contributed by atoms with Gasteiger partial charge in [0.1, 0.15) is 5.02 Å². The zero-order valence-corrected chi connectivity index (χ0v) is 17.6. The molecule has 0 saturated heterocycles. The van der Waals surface area contributed by atoms with Gasteiger partial charge in [0, 0.05) is 23.9 Å². The Labute approximate surface area is 173 Å². The number of fused-ring (bicyclic) bond motifs is 1. The van der Waals surface area contributed by atoms with Crippen LogP contribution in [0.4, 0.5) is 0 Å². The fraction of sp³-hybridized carbons (Fsp3) is 0.400. The van der Waals surface area contributed by atoms with E-state index in [2.05, 4.69) is 46.0 Å². The van der Waals surface area contributed by atoms with Crippen molar-refractivity contribution in [3.05, 3.63) is 40.5 Å². The van der Waals surface area contributed by atoms with Crippen LogP contribution in [0.1, 0.15) is 44.9 Å². The van der Waals surface area contributed by atoms with E-state index in [1.54, 1.807) is 4.63 Å². The van der Waals surface area contributed by atoms with Crippen LogP contribution in [0.25, 0.3) is 17.0 Å². The lowest BCUT2D eigenvalue weighted by Gasteiger charge is -2.16. The number of methoxy groups -OCH3 is 1. The van der Waals surface area contributed by atoms with Crippen LogP contribution < -0.4 is 5.32 Å². The van der Waals surface area contributed by atoms with Crippen LogP contribution in [0.3, 0.4) is 0 Å². The standard InChI is InChI=1S/C20H24ClN5O3/c1-20(2,3)17-16(21)19-23-18(25-26(19)24-17)13-7-5-6-12(10-13)11-22-14(27)8-9-15(28)29-4/h5-7,10,24H,8-9,11H2,1-4H3,(H,22,27). The second kappa shape index (κ2) is 8.24. The number of esters is 1. The molecule has 0 atom stereocenters. The van der Waals surface area contributed by atoms with Crippen LogP contribution in [0, 0.1) is 0 Å². The minimum absolute atomic E-state index is 0.0599. The number of aromatic nitrogens is 4. The number of H-pyrrole nitrogens is 1. The Hall–Kier alpha value is -2.87. The molecule has 0 aliphatic rings. The first-order chi connectivity index (χ1) is 13.7. The van der Waals surface area contributed by atoms with Crippen LogP contribution in [0.15, 0.2) is 24.3 Å². The summed E-state index contributed by atoms with van der Waals surface area (Å²) in [5, 5.41) is 11.0. The maximum Gasteiger partial charge on any atom is 0.306 e. The Morgan fingerprint density at radius 3 is 2.69 bits per heavy atom. The predicted molar refractivity (Wildman–Crippen MR) is 110 cm³/mol. The number of hydrogen-bond acceptors (Lipinski definition) is 5. The Morgan fingerprint density at radius 1 is 1.28 bits per heavy atom. The number of carbonyl (C=O) groups is 2. The molecule has 1 aromatic carbocycles. The van der Waals surface area contributed by atoms with Gasteiger partial charge in [0.2, 0.25) is 5.91 Å². The number of amides is 1. The molecule has 0 bridgehead atoms. The van der Waals surface area contributed by atoms with E-state index in [-0.39, 0.29) is 24.2 Å². The van der Waals surface area contributed by atoms with Gasteiger partial charge >= 0.3 is 5.97 Å². The SMILES string of the molecule is COC(=O)CCC(=O)NCc1cccc(-c2nc3c(Cl)c(C(C)(C)C)[nH]n3n2)c1. The first-order valence-corrected chi connectivity index (χ1v) is 9.64. The summed E-state index contributed by atoms with van der Waals surface area (Å²) in [6.45, 7) is 6.53. The van der Waals surface area contributed by atoms with Gasteiger partial charge in [0.15, 0.2) is 11.5 Å². The predicted octanol–water partition coefficient (Wildman–Crippen LogP) is 3.24. The molecule has 154 valence electrons. The topological polar surface area (TPSA) is 101 Å². The molecule has 0 aliphatic carbocycles. The maximum absolute atomic E-state index is 11.9. The van der Waals surface area contributed by atoms with E-state index >= 15 is 0 Å². The van der Waals surface area contributed by atoms with Crippen LogP contribution in [-0.2, 0) is 26.3 Å². The first kappa shape index (κ1) is 20.9. The van der Waals surface area contributed by atoms with Gasteiger partial charge in [-0.15, -0.1) is 5.10 Å². The molecule has 0 unspecified atom stereocenters. The van der Waals surface area contributed by atoms with Gasteiger partial charge in [-0.1, -0.05) is 50.6 Å². The van der Waals surface area contributed by atoms with Gasteiger partial charge < -0.3 is 10.1 Å². The molecule has 2 aromatic heterocycles. The molecular weight excluding hydrogens is 394 g/mol. The van der Waals surface area contributed by atoms with Gasteiger partial charge in [-0.3, -0.25) is 14.7 Å². The first-order valence-electron chi connectivity index (χ1n) is 9.26. The summed E-state index contributed by atoms with van der Waals surface area (Å²) in [7, 11) is 1.30. The summed E-state index contributed by atoms with van der Waals surface area (Å²) < 4.78 is 6.12. The molecule has 0 radical (unpaired) electrons. The molecule has 1 amide bonds. The Kier molecular flexibility index (Phi) is 5.93. The molecule has 2 heterocycles. The van der Waals surface area contributed by atoms with Crippen molar-refractivity contribution in [2.24, 2.45) is 0 Å². The molecule has 9 heteroatoms. The highest BCUT2D eigenvalue weighted by Crippen LogP contribution is 2.31. The van der Waals surface area contributed by atoms with E-state index in [0.717, 1.165) is 16.8 Å². The zero-order chi connectivity index (χ0) is 21.2. The fourth-order valence-corrected chi connectivity index (χ4v) is 3.29. The Balaban J connectivity index is 1.72. The number of ether oxygens (including phenoxy) is 1. The van der Waals surface area contributed by atoms with Crippen molar-refractivity contribution in [3.8, 4) is 11.4 Å². The third kappa shape index (κ3) is 4.76. The summed E-state index contributed by atoms with van der Waals surface area (Å²) in [6.07, 6.45) is 0.151. The number of aromatic amines is 1. The molecule has 0 aliphatic heterocycles. The lowest BCUT2D eigenvalue weighted by atomic mass is 9.92. The summed E-state index contributed by atoms with van der Waals surface area (Å²) in [5.41, 5.74) is 3.02. The smallest absolute Gasteiger partial charge is 0.306 e. The number of rotatable bonds is 6. The van der Waals surface area contributed by atoms with Crippen molar-refractivity contribution in [1.29, 1.82) is 0 Å². The van der Waals surface area contributed by atoms with E-state index < -0.39 is 5.97 Å². The highest BCUT2D eigenvalue weighted by molar-refractivity contribution is 6.34. The highest BCUT2D eigenvalue weighted by atomic mass is 35.5. The minimum Gasteiger partial charge on any atom is -0.469 e. The zero-order valence-electron chi connectivity index (χ0n) is 16.9. The Morgan fingerprint density at radius 2 is 2.03 bits per heavy atom. The highest BCUT2D eigenvalue weighted by Gasteiger charge is 2.24. The average molecular weight is 418 g/mol. The van der Waals surface area contributed by atoms with Crippen LogP contribution in [-0.4, -0.2) is 38.8 Å². The number of carbonyl (C=O) groups excluding carboxylic acids is 2. The minimum atomic E-state index is -0.406. The molecule has 29 heavy (non-hydrogen) atoms. The lowest BCUT2D eigenvalue weighted by Crippen LogP contribution is -2.23. The van der Waals surface area contributed by atoms with E-state index in [9.17, 15) is 9.59 Å².